The molecule has 1 fully saturated rings. The van der Waals surface area contributed by atoms with Crippen LogP contribution in [0.3, 0.4) is 0 Å². The van der Waals surface area contributed by atoms with Crippen LogP contribution in [0.15, 0.2) is 0 Å². The van der Waals surface area contributed by atoms with Crippen LogP contribution in [0.4, 0.5) is 4.79 Å². The van der Waals surface area contributed by atoms with Gasteiger partial charge in [-0.25, -0.2) is 4.79 Å². The summed E-state index contributed by atoms with van der Waals surface area (Å²) in [5.74, 6) is 1.67. The van der Waals surface area contributed by atoms with Gasteiger partial charge in [0.15, 0.2) is 0 Å². The lowest BCUT2D eigenvalue weighted by Crippen LogP contribution is -2.72. The largest absolute Gasteiger partial charge is 0.481 e. The lowest BCUT2D eigenvalue weighted by Gasteiger charge is -2.50. The minimum absolute atomic E-state index is 0.0789. The highest BCUT2D eigenvalue weighted by Gasteiger charge is 2.48. The summed E-state index contributed by atoms with van der Waals surface area (Å²) in [6.45, 7) is 7.87. The summed E-state index contributed by atoms with van der Waals surface area (Å²) >= 11 is 0. The van der Waals surface area contributed by atoms with Gasteiger partial charge < -0.3 is 14.7 Å². The maximum atomic E-state index is 11.9. The third-order valence-electron chi connectivity index (χ3n) is 3.22. The normalized spacial score (nSPS) is 18.3. The number of amides is 1. The Hall–Kier alpha value is -1.74. The fourth-order valence-corrected chi connectivity index (χ4v) is 2.31. The smallest absolute Gasteiger partial charge is 0.410 e. The van der Waals surface area contributed by atoms with Gasteiger partial charge in [0.1, 0.15) is 5.60 Å². The number of nitrogens with one attached hydrogen (secondary N) is 1. The number of carbonyl (C=O) groups is 2. The summed E-state index contributed by atoms with van der Waals surface area (Å²) in [5.41, 5.74) is -1.24. The second-order valence-corrected chi connectivity index (χ2v) is 6.46. The van der Waals surface area contributed by atoms with Crippen LogP contribution >= 0.6 is 0 Å². The number of hydrogen-bond acceptors (Lipinski definition) is 4. The average molecular weight is 296 g/mol. The number of likely N-dealkylation sites (tertiary alicyclic amines) is 1. The molecule has 0 spiro atoms. The topological polar surface area (TPSA) is 78.9 Å². The van der Waals surface area contributed by atoms with Crippen molar-refractivity contribution in [2.24, 2.45) is 0 Å². The van der Waals surface area contributed by atoms with Crippen LogP contribution in [0.1, 0.15) is 40.5 Å². The molecule has 0 aliphatic carbocycles. The number of aliphatic carboxylic acids is 1. The van der Waals surface area contributed by atoms with Crippen molar-refractivity contribution in [3.63, 3.8) is 0 Å². The summed E-state index contributed by atoms with van der Waals surface area (Å²) in [7, 11) is 0. The number of nitrogens with zero attached hydrogens (tertiary/aromatic N) is 1. The molecule has 6 heteroatoms. The van der Waals surface area contributed by atoms with E-state index in [1.54, 1.807) is 20.8 Å². The summed E-state index contributed by atoms with van der Waals surface area (Å²) in [5, 5.41) is 12.2. The number of rotatable bonds is 5. The molecule has 6 nitrogen and oxygen atoms in total. The first-order chi connectivity index (χ1) is 9.61. The van der Waals surface area contributed by atoms with Crippen molar-refractivity contribution in [3.8, 4) is 12.3 Å². The van der Waals surface area contributed by atoms with Crippen molar-refractivity contribution in [1.82, 2.24) is 10.2 Å². The van der Waals surface area contributed by atoms with E-state index >= 15 is 0 Å². The molecular formula is C15H24N2O4. The molecule has 0 radical (unpaired) electrons. The van der Waals surface area contributed by atoms with Crippen LogP contribution in [0, 0.1) is 12.3 Å². The third kappa shape index (κ3) is 4.94. The number of carbonyl (C=O) groups excluding carboxylic acids is 1. The Kier molecular flexibility index (Phi) is 5.24. The fraction of sp³-hybridized carbons (Fsp3) is 0.733. The van der Waals surface area contributed by atoms with Crippen molar-refractivity contribution in [2.45, 2.75) is 57.7 Å². The van der Waals surface area contributed by atoms with Crippen molar-refractivity contribution in [3.05, 3.63) is 0 Å². The van der Waals surface area contributed by atoms with Gasteiger partial charge in [-0.15, -0.1) is 6.42 Å². The van der Waals surface area contributed by atoms with Gasteiger partial charge in [0.05, 0.1) is 18.0 Å². The molecule has 0 aromatic heterocycles. The average Bonchev–Trinajstić information content (AvgIpc) is 2.28. The van der Waals surface area contributed by atoms with E-state index in [-0.39, 0.29) is 25.6 Å². The molecule has 1 rings (SSSR count). The Morgan fingerprint density at radius 3 is 2.43 bits per heavy atom. The van der Waals surface area contributed by atoms with E-state index in [2.05, 4.69) is 11.2 Å². The zero-order valence-corrected chi connectivity index (χ0v) is 13.1. The van der Waals surface area contributed by atoms with Crippen molar-refractivity contribution in [2.75, 3.05) is 13.1 Å². The highest BCUT2D eigenvalue weighted by atomic mass is 16.6. The molecule has 0 aromatic rings. The van der Waals surface area contributed by atoms with Gasteiger partial charge in [-0.05, 0) is 27.2 Å². The first-order valence-electron chi connectivity index (χ1n) is 7.04. The van der Waals surface area contributed by atoms with Gasteiger partial charge in [-0.2, -0.15) is 0 Å². The lowest BCUT2D eigenvalue weighted by atomic mass is 9.85. The maximum absolute atomic E-state index is 11.9. The van der Waals surface area contributed by atoms with Crippen LogP contribution in [0.2, 0.25) is 0 Å². The Morgan fingerprint density at radius 1 is 1.48 bits per heavy atom. The molecule has 1 aliphatic rings. The second kappa shape index (κ2) is 6.35. The first kappa shape index (κ1) is 17.3. The Bertz CT molecular complexity index is 442. The van der Waals surface area contributed by atoms with Gasteiger partial charge in [-0.3, -0.25) is 10.1 Å². The minimum Gasteiger partial charge on any atom is -0.481 e. The summed E-state index contributed by atoms with van der Waals surface area (Å²) in [4.78, 5) is 24.5. The highest BCUT2D eigenvalue weighted by Crippen LogP contribution is 2.27. The van der Waals surface area contributed by atoms with Crippen molar-refractivity contribution < 1.29 is 19.4 Å². The van der Waals surface area contributed by atoms with Gasteiger partial charge in [0, 0.05) is 13.1 Å². The molecule has 1 heterocycles. The minimum atomic E-state index is -0.918. The molecule has 118 valence electrons. The molecule has 21 heavy (non-hydrogen) atoms. The van der Waals surface area contributed by atoms with Crippen molar-refractivity contribution in [1.29, 1.82) is 0 Å². The molecule has 1 amide bonds. The van der Waals surface area contributed by atoms with Gasteiger partial charge in [0.2, 0.25) is 0 Å². The van der Waals surface area contributed by atoms with Crippen LogP contribution in [0.5, 0.6) is 0 Å². The van der Waals surface area contributed by atoms with Crippen LogP contribution in [-0.2, 0) is 9.53 Å². The molecule has 1 saturated heterocycles. The zero-order chi connectivity index (χ0) is 16.3. The Balaban J connectivity index is 2.68. The van der Waals surface area contributed by atoms with Crippen LogP contribution in [-0.4, -0.2) is 52.3 Å². The molecule has 0 aromatic carbocycles. The molecule has 1 unspecified atom stereocenters. The highest BCUT2D eigenvalue weighted by molar-refractivity contribution is 5.73. The van der Waals surface area contributed by atoms with Crippen molar-refractivity contribution >= 4 is 12.1 Å². The summed E-state index contributed by atoms with van der Waals surface area (Å²) in [6.07, 6.45) is 5.60. The Morgan fingerprint density at radius 2 is 2.05 bits per heavy atom. The van der Waals surface area contributed by atoms with E-state index in [1.165, 1.54) is 4.90 Å². The number of carboxylic acid groups (broad SMARTS) is 1. The molecule has 2 N–H and O–H groups in total. The maximum Gasteiger partial charge on any atom is 0.410 e. The second-order valence-electron chi connectivity index (χ2n) is 6.46. The van der Waals surface area contributed by atoms with Crippen LogP contribution in [0.25, 0.3) is 0 Å². The predicted molar refractivity (Wildman–Crippen MR) is 78.8 cm³/mol. The number of carboxylic acids is 1. The zero-order valence-electron chi connectivity index (χ0n) is 13.1. The van der Waals surface area contributed by atoms with E-state index in [0.717, 1.165) is 0 Å². The SMILES string of the molecule is C#CC(CC)NC1(CC(=O)O)CN(C(=O)OC(C)(C)C)C1. The van der Waals surface area contributed by atoms with E-state index in [1.807, 2.05) is 6.92 Å². The molecule has 0 saturated carbocycles. The fourth-order valence-electron chi connectivity index (χ4n) is 2.31. The van der Waals surface area contributed by atoms with E-state index < -0.39 is 23.2 Å². The number of hydrogen-bond donors (Lipinski definition) is 2. The van der Waals surface area contributed by atoms with Gasteiger partial charge in [-0.1, -0.05) is 12.8 Å². The van der Waals surface area contributed by atoms with E-state index in [4.69, 9.17) is 16.3 Å². The molecule has 1 atom stereocenters. The van der Waals surface area contributed by atoms with Gasteiger partial charge >= 0.3 is 12.1 Å². The van der Waals surface area contributed by atoms with E-state index in [9.17, 15) is 9.59 Å². The molecular weight excluding hydrogens is 272 g/mol. The molecule has 1 aliphatic heterocycles. The van der Waals surface area contributed by atoms with Gasteiger partial charge in [0.25, 0.3) is 0 Å². The lowest BCUT2D eigenvalue weighted by molar-refractivity contribution is -0.141. The monoisotopic (exact) mass is 296 g/mol. The van der Waals surface area contributed by atoms with E-state index in [0.29, 0.717) is 6.42 Å². The summed E-state index contributed by atoms with van der Waals surface area (Å²) < 4.78 is 5.27. The predicted octanol–water partition coefficient (Wildman–Crippen LogP) is 1.45. The number of terminal acetylenes is 1. The molecule has 0 bridgehead atoms. The number of ether oxygens (including phenoxy) is 1. The standard InChI is InChI=1S/C15H24N2O4/c1-6-11(7-2)16-15(8-12(18)19)9-17(10-15)13(20)21-14(3,4)5/h1,11,16H,7-10H2,2-5H3,(H,18,19). The first-order valence-corrected chi connectivity index (χ1v) is 7.04. The van der Waals surface area contributed by atoms with Crippen LogP contribution < -0.4 is 5.32 Å². The third-order valence-corrected chi connectivity index (χ3v) is 3.22. The Labute approximate surface area is 125 Å². The quantitative estimate of drug-likeness (QED) is 0.751. The summed E-state index contributed by atoms with van der Waals surface area (Å²) in [6, 6.07) is -0.204.